The van der Waals surface area contributed by atoms with E-state index in [9.17, 15) is 8.78 Å². The molecule has 1 aromatic heterocycles. The molecule has 0 aliphatic carbocycles. The van der Waals surface area contributed by atoms with Gasteiger partial charge in [0, 0.05) is 0 Å². The highest BCUT2D eigenvalue weighted by Gasteiger charge is 2.17. The number of methoxy groups -OCH3 is 1. The van der Waals surface area contributed by atoms with Crippen molar-refractivity contribution in [2.45, 2.75) is 0 Å². The number of aromatic nitrogens is 2. The van der Waals surface area contributed by atoms with Gasteiger partial charge in [-0.25, -0.2) is 18.7 Å². The summed E-state index contributed by atoms with van der Waals surface area (Å²) in [7, 11) is 1.42. The van der Waals surface area contributed by atoms with E-state index in [-0.39, 0.29) is 27.7 Å². The minimum Gasteiger partial charge on any atom is -0.496 e. The number of rotatable bonds is 2. The molecule has 3 nitrogen and oxygen atoms in total. The average Bonchev–Trinajstić information content (AvgIpc) is 2.46. The Kier molecular flexibility index (Phi) is 3.43. The normalized spacial score (nSPS) is 10.9. The van der Waals surface area contributed by atoms with Gasteiger partial charge in [-0.15, -0.1) is 0 Å². The molecule has 0 saturated heterocycles. The van der Waals surface area contributed by atoms with Crippen LogP contribution in [0.3, 0.4) is 0 Å². The highest BCUT2D eigenvalue weighted by atomic mass is 35.5. The van der Waals surface area contributed by atoms with Gasteiger partial charge in [0.05, 0.1) is 23.6 Å². The van der Waals surface area contributed by atoms with Crippen LogP contribution in [0.15, 0.2) is 36.4 Å². The van der Waals surface area contributed by atoms with Crippen molar-refractivity contribution in [2.75, 3.05) is 7.11 Å². The Bertz CT molecular complexity index is 839. The molecule has 0 spiro atoms. The van der Waals surface area contributed by atoms with E-state index in [0.717, 1.165) is 0 Å². The quantitative estimate of drug-likeness (QED) is 0.664. The van der Waals surface area contributed by atoms with E-state index >= 15 is 0 Å². The van der Waals surface area contributed by atoms with Gasteiger partial charge in [-0.2, -0.15) is 0 Å². The number of nitrogens with zero attached hydrogens (tertiary/aromatic N) is 2. The molecule has 0 N–H and O–H groups in total. The van der Waals surface area contributed by atoms with E-state index in [1.807, 2.05) is 0 Å². The van der Waals surface area contributed by atoms with Crippen molar-refractivity contribution in [3.05, 3.63) is 53.2 Å². The molecule has 0 saturated carbocycles. The van der Waals surface area contributed by atoms with Gasteiger partial charge in [0.1, 0.15) is 22.5 Å². The second-order valence-corrected chi connectivity index (χ2v) is 4.65. The predicted molar refractivity (Wildman–Crippen MR) is 76.5 cm³/mol. The highest BCUT2D eigenvalue weighted by Crippen LogP contribution is 2.33. The second kappa shape index (κ2) is 5.26. The lowest BCUT2D eigenvalue weighted by Gasteiger charge is -2.10. The third-order valence-corrected chi connectivity index (χ3v) is 3.32. The van der Waals surface area contributed by atoms with Crippen LogP contribution in [0.2, 0.25) is 5.15 Å². The smallest absolute Gasteiger partial charge is 0.168 e. The van der Waals surface area contributed by atoms with Crippen LogP contribution in [0.25, 0.3) is 22.3 Å². The van der Waals surface area contributed by atoms with Gasteiger partial charge >= 0.3 is 0 Å². The molecule has 6 heteroatoms. The molecule has 0 atom stereocenters. The number of halogens is 3. The minimum atomic E-state index is -0.541. The molecular formula is C15H9ClF2N2O. The molecular weight excluding hydrogens is 298 g/mol. The van der Waals surface area contributed by atoms with Gasteiger partial charge in [0.15, 0.2) is 5.82 Å². The lowest BCUT2D eigenvalue weighted by atomic mass is 10.1. The monoisotopic (exact) mass is 306 g/mol. The SMILES string of the molecule is COc1cccc(F)c1-c1nc(Cl)c2c(F)cccc2n1. The Morgan fingerprint density at radius 1 is 1.00 bits per heavy atom. The van der Waals surface area contributed by atoms with Crippen LogP contribution in [-0.4, -0.2) is 17.1 Å². The Morgan fingerprint density at radius 3 is 2.48 bits per heavy atom. The summed E-state index contributed by atoms with van der Waals surface area (Å²) >= 11 is 6.01. The zero-order chi connectivity index (χ0) is 15.0. The molecule has 0 unspecified atom stereocenters. The second-order valence-electron chi connectivity index (χ2n) is 4.29. The van der Waals surface area contributed by atoms with E-state index in [1.165, 1.54) is 31.4 Å². The first-order valence-electron chi connectivity index (χ1n) is 6.06. The Balaban J connectivity index is 2.33. The summed E-state index contributed by atoms with van der Waals surface area (Å²) in [6.45, 7) is 0. The van der Waals surface area contributed by atoms with Crippen LogP contribution in [-0.2, 0) is 0 Å². The molecule has 1 heterocycles. The van der Waals surface area contributed by atoms with Crippen LogP contribution < -0.4 is 4.74 Å². The average molecular weight is 307 g/mol. The first-order chi connectivity index (χ1) is 10.1. The van der Waals surface area contributed by atoms with Gasteiger partial charge in [-0.05, 0) is 24.3 Å². The van der Waals surface area contributed by atoms with Crippen molar-refractivity contribution in [2.24, 2.45) is 0 Å². The van der Waals surface area contributed by atoms with Crippen molar-refractivity contribution in [3.8, 4) is 17.1 Å². The summed E-state index contributed by atoms with van der Waals surface area (Å²) in [4.78, 5) is 8.18. The highest BCUT2D eigenvalue weighted by molar-refractivity contribution is 6.34. The fraction of sp³-hybridized carbons (Fsp3) is 0.0667. The minimum absolute atomic E-state index is 0.0491. The van der Waals surface area contributed by atoms with Gasteiger partial charge in [0.2, 0.25) is 0 Å². The molecule has 0 radical (unpaired) electrons. The molecule has 21 heavy (non-hydrogen) atoms. The zero-order valence-corrected chi connectivity index (χ0v) is 11.7. The molecule has 3 aromatic rings. The number of hydrogen-bond acceptors (Lipinski definition) is 3. The summed E-state index contributed by atoms with van der Waals surface area (Å²) in [6.07, 6.45) is 0. The maximum atomic E-state index is 14.1. The topological polar surface area (TPSA) is 35.0 Å². The third-order valence-electron chi connectivity index (χ3n) is 3.05. The molecule has 0 aliphatic heterocycles. The summed E-state index contributed by atoms with van der Waals surface area (Å²) in [5.74, 6) is -0.736. The summed E-state index contributed by atoms with van der Waals surface area (Å²) < 4.78 is 32.9. The van der Waals surface area contributed by atoms with Crippen LogP contribution in [0.4, 0.5) is 8.78 Å². The maximum absolute atomic E-state index is 14.1. The maximum Gasteiger partial charge on any atom is 0.168 e. The van der Waals surface area contributed by atoms with Gasteiger partial charge in [-0.3, -0.25) is 0 Å². The van der Waals surface area contributed by atoms with Crippen LogP contribution in [0.5, 0.6) is 5.75 Å². The zero-order valence-electron chi connectivity index (χ0n) is 10.9. The van der Waals surface area contributed by atoms with E-state index < -0.39 is 11.6 Å². The standard InChI is InChI=1S/C15H9ClF2N2O/c1-21-11-7-3-5-9(18)13(11)15-19-10-6-2-4-8(17)12(10)14(16)20-15/h2-7H,1H3. The fourth-order valence-electron chi connectivity index (χ4n) is 2.10. The van der Waals surface area contributed by atoms with E-state index in [1.54, 1.807) is 12.1 Å². The largest absolute Gasteiger partial charge is 0.496 e. The van der Waals surface area contributed by atoms with Crippen LogP contribution in [0.1, 0.15) is 0 Å². The lowest BCUT2D eigenvalue weighted by Crippen LogP contribution is -1.98. The van der Waals surface area contributed by atoms with E-state index in [4.69, 9.17) is 16.3 Å². The van der Waals surface area contributed by atoms with Crippen molar-refractivity contribution in [1.82, 2.24) is 9.97 Å². The first-order valence-corrected chi connectivity index (χ1v) is 6.44. The summed E-state index contributed by atoms with van der Waals surface area (Å²) in [5.41, 5.74) is 0.392. The van der Waals surface area contributed by atoms with Crippen LogP contribution >= 0.6 is 11.6 Å². The summed E-state index contributed by atoms with van der Waals surface area (Å²) in [6, 6.07) is 8.73. The molecule has 0 amide bonds. The molecule has 0 bridgehead atoms. The Hall–Kier alpha value is -2.27. The number of fused-ring (bicyclic) bond motifs is 1. The molecule has 2 aromatic carbocycles. The van der Waals surface area contributed by atoms with E-state index in [2.05, 4.69) is 9.97 Å². The van der Waals surface area contributed by atoms with Crippen molar-refractivity contribution in [3.63, 3.8) is 0 Å². The van der Waals surface area contributed by atoms with Gasteiger partial charge < -0.3 is 4.74 Å². The molecule has 106 valence electrons. The predicted octanol–water partition coefficient (Wildman–Crippen LogP) is 4.24. The third kappa shape index (κ3) is 2.29. The first kappa shape index (κ1) is 13.7. The van der Waals surface area contributed by atoms with Crippen LogP contribution in [0, 0.1) is 11.6 Å². The fourth-order valence-corrected chi connectivity index (χ4v) is 2.37. The summed E-state index contributed by atoms with van der Waals surface area (Å²) in [5, 5.41) is 0.0385. The number of benzene rings is 2. The van der Waals surface area contributed by atoms with Crippen molar-refractivity contribution >= 4 is 22.5 Å². The lowest BCUT2D eigenvalue weighted by molar-refractivity contribution is 0.413. The van der Waals surface area contributed by atoms with Gasteiger partial charge in [-0.1, -0.05) is 23.7 Å². The number of hydrogen-bond donors (Lipinski definition) is 0. The number of ether oxygens (including phenoxy) is 1. The Morgan fingerprint density at radius 2 is 1.71 bits per heavy atom. The molecule has 3 rings (SSSR count). The van der Waals surface area contributed by atoms with Crippen molar-refractivity contribution < 1.29 is 13.5 Å². The molecule has 0 fully saturated rings. The molecule has 0 aliphatic rings. The Labute approximate surface area is 124 Å². The van der Waals surface area contributed by atoms with Gasteiger partial charge in [0.25, 0.3) is 0 Å². The van der Waals surface area contributed by atoms with Crippen molar-refractivity contribution in [1.29, 1.82) is 0 Å². The van der Waals surface area contributed by atoms with E-state index in [0.29, 0.717) is 5.52 Å².